The van der Waals surface area contributed by atoms with Crippen LogP contribution in [0.1, 0.15) is 29.2 Å². The van der Waals surface area contributed by atoms with Crippen molar-refractivity contribution in [1.29, 1.82) is 0 Å². The molecule has 0 unspecified atom stereocenters. The van der Waals surface area contributed by atoms with Gasteiger partial charge in [0.1, 0.15) is 0 Å². The molecule has 3 rings (SSSR count). The molecule has 0 radical (unpaired) electrons. The second-order valence-electron chi connectivity index (χ2n) is 5.55. The maximum Gasteiger partial charge on any atom is 0.273 e. The number of rotatable bonds is 4. The van der Waals surface area contributed by atoms with Crippen LogP contribution in [0, 0.1) is 10.1 Å². The van der Waals surface area contributed by atoms with Crippen molar-refractivity contribution in [3.8, 4) is 0 Å². The standard InChI is InChI=1S/C17H18N2O2/c1-18(12-14-7-3-5-9-16(14)19(20)21)17-11-10-13-6-2-4-8-15(13)17/h2-9,17H,10-12H2,1H3/t17-/m0/s1. The topological polar surface area (TPSA) is 46.4 Å². The van der Waals surface area contributed by atoms with Gasteiger partial charge < -0.3 is 0 Å². The van der Waals surface area contributed by atoms with E-state index < -0.39 is 0 Å². The van der Waals surface area contributed by atoms with Gasteiger partial charge in [-0.05, 0) is 31.0 Å². The third kappa shape index (κ3) is 2.67. The first kappa shape index (κ1) is 13.8. The number of nitrogens with zero attached hydrogens (tertiary/aromatic N) is 2. The maximum atomic E-state index is 11.1. The zero-order valence-electron chi connectivity index (χ0n) is 12.0. The Hall–Kier alpha value is -2.20. The van der Waals surface area contributed by atoms with Crippen LogP contribution in [-0.2, 0) is 13.0 Å². The average Bonchev–Trinajstić information content (AvgIpc) is 2.91. The number of para-hydroxylation sites is 1. The van der Waals surface area contributed by atoms with Crippen molar-refractivity contribution >= 4 is 5.69 Å². The summed E-state index contributed by atoms with van der Waals surface area (Å²) in [6, 6.07) is 15.8. The molecule has 4 heteroatoms. The molecular formula is C17H18N2O2. The number of benzene rings is 2. The first-order valence-corrected chi connectivity index (χ1v) is 7.17. The Balaban J connectivity index is 1.82. The molecule has 0 N–H and O–H groups in total. The largest absolute Gasteiger partial charge is 0.295 e. The fraction of sp³-hybridized carbons (Fsp3) is 0.294. The maximum absolute atomic E-state index is 11.1. The summed E-state index contributed by atoms with van der Waals surface area (Å²) < 4.78 is 0. The summed E-state index contributed by atoms with van der Waals surface area (Å²) in [6.45, 7) is 0.593. The van der Waals surface area contributed by atoms with E-state index in [0.29, 0.717) is 12.6 Å². The number of nitro groups is 1. The first-order valence-electron chi connectivity index (χ1n) is 7.17. The smallest absolute Gasteiger partial charge is 0.273 e. The van der Waals surface area contributed by atoms with Gasteiger partial charge in [0.25, 0.3) is 5.69 Å². The van der Waals surface area contributed by atoms with E-state index in [4.69, 9.17) is 0 Å². The Bertz CT molecular complexity index is 669. The summed E-state index contributed by atoms with van der Waals surface area (Å²) in [4.78, 5) is 13.0. The fourth-order valence-corrected chi connectivity index (χ4v) is 3.19. The Morgan fingerprint density at radius 3 is 2.71 bits per heavy atom. The minimum atomic E-state index is -0.300. The van der Waals surface area contributed by atoms with Crippen LogP contribution in [0.25, 0.3) is 0 Å². The molecule has 1 atom stereocenters. The van der Waals surface area contributed by atoms with E-state index in [0.717, 1.165) is 18.4 Å². The van der Waals surface area contributed by atoms with Gasteiger partial charge in [-0.25, -0.2) is 0 Å². The van der Waals surface area contributed by atoms with Gasteiger partial charge >= 0.3 is 0 Å². The highest BCUT2D eigenvalue weighted by Gasteiger charge is 2.26. The number of aryl methyl sites for hydroxylation is 1. The van der Waals surface area contributed by atoms with E-state index in [-0.39, 0.29) is 10.6 Å². The lowest BCUT2D eigenvalue weighted by molar-refractivity contribution is -0.385. The third-order valence-corrected chi connectivity index (χ3v) is 4.24. The van der Waals surface area contributed by atoms with Gasteiger partial charge in [-0.2, -0.15) is 0 Å². The highest BCUT2D eigenvalue weighted by atomic mass is 16.6. The highest BCUT2D eigenvalue weighted by Crippen LogP contribution is 2.36. The molecule has 0 aromatic heterocycles. The molecule has 2 aromatic rings. The molecule has 0 heterocycles. The molecule has 1 aliphatic carbocycles. The van der Waals surface area contributed by atoms with Crippen molar-refractivity contribution < 1.29 is 4.92 Å². The van der Waals surface area contributed by atoms with Crippen LogP contribution in [0.2, 0.25) is 0 Å². The van der Waals surface area contributed by atoms with Gasteiger partial charge in [-0.15, -0.1) is 0 Å². The molecule has 108 valence electrons. The van der Waals surface area contributed by atoms with E-state index in [2.05, 4.69) is 29.2 Å². The molecule has 0 fully saturated rings. The van der Waals surface area contributed by atoms with Gasteiger partial charge in [0.15, 0.2) is 0 Å². The second-order valence-corrected chi connectivity index (χ2v) is 5.55. The molecule has 0 amide bonds. The first-order chi connectivity index (χ1) is 10.2. The van der Waals surface area contributed by atoms with E-state index in [1.807, 2.05) is 19.2 Å². The van der Waals surface area contributed by atoms with Gasteiger partial charge in [-0.3, -0.25) is 15.0 Å². The Morgan fingerprint density at radius 2 is 1.90 bits per heavy atom. The number of fused-ring (bicyclic) bond motifs is 1. The quantitative estimate of drug-likeness (QED) is 0.634. The lowest BCUT2D eigenvalue weighted by atomic mass is 10.1. The number of hydrogen-bond donors (Lipinski definition) is 0. The van der Waals surface area contributed by atoms with E-state index >= 15 is 0 Å². The van der Waals surface area contributed by atoms with Crippen LogP contribution in [0.4, 0.5) is 5.69 Å². The minimum Gasteiger partial charge on any atom is -0.295 e. The van der Waals surface area contributed by atoms with Crippen LogP contribution in [0.5, 0.6) is 0 Å². The van der Waals surface area contributed by atoms with Crippen molar-refractivity contribution in [3.05, 3.63) is 75.3 Å². The predicted octanol–water partition coefficient (Wildman–Crippen LogP) is 3.71. The fourth-order valence-electron chi connectivity index (χ4n) is 3.19. The second kappa shape index (κ2) is 5.66. The van der Waals surface area contributed by atoms with Crippen molar-refractivity contribution in [3.63, 3.8) is 0 Å². The lowest BCUT2D eigenvalue weighted by Gasteiger charge is -2.25. The monoisotopic (exact) mass is 282 g/mol. The molecule has 0 aliphatic heterocycles. The Morgan fingerprint density at radius 1 is 1.19 bits per heavy atom. The summed E-state index contributed by atoms with van der Waals surface area (Å²) in [5.74, 6) is 0. The van der Waals surface area contributed by atoms with Crippen molar-refractivity contribution in [2.75, 3.05) is 7.05 Å². The van der Waals surface area contributed by atoms with Gasteiger partial charge in [0.05, 0.1) is 4.92 Å². The van der Waals surface area contributed by atoms with Gasteiger partial charge in [0.2, 0.25) is 0 Å². The van der Waals surface area contributed by atoms with Crippen LogP contribution in [-0.4, -0.2) is 16.9 Å². The molecule has 0 spiro atoms. The molecule has 21 heavy (non-hydrogen) atoms. The van der Waals surface area contributed by atoms with Crippen LogP contribution in [0.15, 0.2) is 48.5 Å². The molecule has 0 saturated heterocycles. The van der Waals surface area contributed by atoms with Gasteiger partial charge in [0, 0.05) is 24.2 Å². The van der Waals surface area contributed by atoms with Crippen LogP contribution >= 0.6 is 0 Å². The predicted molar refractivity (Wildman–Crippen MR) is 82.1 cm³/mol. The van der Waals surface area contributed by atoms with Crippen LogP contribution < -0.4 is 0 Å². The van der Waals surface area contributed by atoms with Crippen LogP contribution in [0.3, 0.4) is 0 Å². The summed E-state index contributed by atoms with van der Waals surface area (Å²) in [5, 5.41) is 11.1. The summed E-state index contributed by atoms with van der Waals surface area (Å²) in [7, 11) is 2.05. The molecule has 2 aromatic carbocycles. The molecule has 0 saturated carbocycles. The highest BCUT2D eigenvalue weighted by molar-refractivity contribution is 5.40. The van der Waals surface area contributed by atoms with E-state index in [9.17, 15) is 10.1 Å². The summed E-state index contributed by atoms with van der Waals surface area (Å²) >= 11 is 0. The van der Waals surface area contributed by atoms with Crippen molar-refractivity contribution in [2.45, 2.75) is 25.4 Å². The normalized spacial score (nSPS) is 17.0. The SMILES string of the molecule is CN(Cc1ccccc1[N+](=O)[O-])[C@H]1CCc2ccccc21. The summed E-state index contributed by atoms with van der Waals surface area (Å²) in [5.41, 5.74) is 3.74. The van der Waals surface area contributed by atoms with Crippen molar-refractivity contribution in [2.24, 2.45) is 0 Å². The minimum absolute atomic E-state index is 0.204. The zero-order valence-corrected chi connectivity index (χ0v) is 12.0. The lowest BCUT2D eigenvalue weighted by Crippen LogP contribution is -2.22. The molecular weight excluding hydrogens is 264 g/mol. The Labute approximate surface area is 124 Å². The van der Waals surface area contributed by atoms with E-state index in [1.165, 1.54) is 11.1 Å². The number of nitro benzene ring substituents is 1. The Kier molecular flexibility index (Phi) is 3.71. The summed E-state index contributed by atoms with van der Waals surface area (Å²) in [6.07, 6.45) is 2.17. The van der Waals surface area contributed by atoms with Crippen molar-refractivity contribution in [1.82, 2.24) is 4.90 Å². The molecule has 4 nitrogen and oxygen atoms in total. The number of hydrogen-bond acceptors (Lipinski definition) is 3. The zero-order chi connectivity index (χ0) is 14.8. The molecule has 0 bridgehead atoms. The molecule has 1 aliphatic rings. The van der Waals surface area contributed by atoms with E-state index in [1.54, 1.807) is 12.1 Å². The average molecular weight is 282 g/mol. The third-order valence-electron chi connectivity index (χ3n) is 4.24. The van der Waals surface area contributed by atoms with Gasteiger partial charge in [-0.1, -0.05) is 42.5 Å².